The van der Waals surface area contributed by atoms with Crippen molar-refractivity contribution in [3.63, 3.8) is 0 Å². The summed E-state index contributed by atoms with van der Waals surface area (Å²) in [6.45, 7) is 1.47. The molecule has 0 aliphatic rings. The van der Waals surface area contributed by atoms with Crippen LogP contribution in [0.2, 0.25) is 0 Å². The Morgan fingerprint density at radius 1 is 0.968 bits per heavy atom. The van der Waals surface area contributed by atoms with E-state index in [-0.39, 0.29) is 0 Å². The number of anilines is 1. The van der Waals surface area contributed by atoms with Gasteiger partial charge in [-0.25, -0.2) is 4.79 Å². The molecule has 31 heavy (non-hydrogen) atoms. The van der Waals surface area contributed by atoms with Crippen LogP contribution in [0.3, 0.4) is 0 Å². The van der Waals surface area contributed by atoms with Gasteiger partial charge in [0.15, 0.2) is 6.10 Å². The van der Waals surface area contributed by atoms with Crippen molar-refractivity contribution in [1.29, 1.82) is 0 Å². The van der Waals surface area contributed by atoms with Crippen LogP contribution in [0, 0.1) is 0 Å². The summed E-state index contributed by atoms with van der Waals surface area (Å²) in [4.78, 5) is 35.4. The van der Waals surface area contributed by atoms with Crippen LogP contribution in [0.5, 0.6) is 5.75 Å². The maximum absolute atomic E-state index is 12.2. The van der Waals surface area contributed by atoms with Crippen LogP contribution < -0.4 is 15.8 Å². The minimum absolute atomic E-state index is 0.329. The number of hydrogen-bond acceptors (Lipinski definition) is 5. The zero-order chi connectivity index (χ0) is 22.4. The molecule has 0 spiro atoms. The first-order chi connectivity index (χ1) is 14.9. The molecular weight excluding hydrogens is 396 g/mol. The molecule has 0 bridgehead atoms. The molecule has 0 aliphatic heterocycles. The Bertz CT molecular complexity index is 1150. The van der Waals surface area contributed by atoms with E-state index in [1.54, 1.807) is 25.3 Å². The molecule has 7 heteroatoms. The largest absolute Gasteiger partial charge is 0.497 e. The van der Waals surface area contributed by atoms with E-state index >= 15 is 0 Å². The van der Waals surface area contributed by atoms with Crippen molar-refractivity contribution in [3.05, 3.63) is 77.9 Å². The molecule has 0 saturated heterocycles. The number of nitrogens with two attached hydrogens (primary N) is 1. The van der Waals surface area contributed by atoms with Crippen LogP contribution in [0.4, 0.5) is 5.69 Å². The van der Waals surface area contributed by atoms with Crippen LogP contribution in [0.1, 0.15) is 22.8 Å². The van der Waals surface area contributed by atoms with E-state index in [1.165, 1.54) is 25.1 Å². The maximum atomic E-state index is 12.2. The fraction of sp³-hybridized carbons (Fsp3) is 0.125. The molecule has 0 radical (unpaired) electrons. The summed E-state index contributed by atoms with van der Waals surface area (Å²) in [6.07, 6.45) is 1.90. The molecule has 0 unspecified atom stereocenters. The van der Waals surface area contributed by atoms with Crippen molar-refractivity contribution in [3.8, 4) is 5.75 Å². The molecule has 158 valence electrons. The Kier molecular flexibility index (Phi) is 6.67. The number of rotatable bonds is 7. The van der Waals surface area contributed by atoms with Crippen molar-refractivity contribution in [2.24, 2.45) is 5.73 Å². The Balaban J connectivity index is 1.57. The molecule has 0 aromatic heterocycles. The minimum atomic E-state index is -1.00. The molecule has 1 atom stereocenters. The summed E-state index contributed by atoms with van der Waals surface area (Å²) < 4.78 is 10.4. The summed E-state index contributed by atoms with van der Waals surface area (Å²) >= 11 is 0. The third kappa shape index (κ3) is 5.70. The number of methoxy groups -OCH3 is 1. The van der Waals surface area contributed by atoms with Crippen molar-refractivity contribution in [2.75, 3.05) is 12.4 Å². The van der Waals surface area contributed by atoms with E-state index < -0.39 is 23.9 Å². The second-order valence-corrected chi connectivity index (χ2v) is 6.82. The SMILES string of the molecule is COc1ccc2cc(/C=C/C(=O)O[C@@H](C)C(=O)Nc3ccc(C(N)=O)cc3)ccc2c1. The van der Waals surface area contributed by atoms with Gasteiger partial charge in [0.25, 0.3) is 5.91 Å². The molecule has 3 aromatic rings. The lowest BCUT2D eigenvalue weighted by Crippen LogP contribution is -2.29. The van der Waals surface area contributed by atoms with Gasteiger partial charge in [0.05, 0.1) is 7.11 Å². The maximum Gasteiger partial charge on any atom is 0.331 e. The second kappa shape index (κ2) is 9.58. The van der Waals surface area contributed by atoms with Crippen LogP contribution in [-0.2, 0) is 14.3 Å². The van der Waals surface area contributed by atoms with Crippen LogP contribution in [0.15, 0.2) is 66.7 Å². The predicted molar refractivity (Wildman–Crippen MR) is 119 cm³/mol. The molecule has 0 saturated carbocycles. The number of amides is 2. The van der Waals surface area contributed by atoms with Crippen molar-refractivity contribution < 1.29 is 23.9 Å². The van der Waals surface area contributed by atoms with Gasteiger partial charge in [0.1, 0.15) is 5.75 Å². The Morgan fingerprint density at radius 2 is 1.65 bits per heavy atom. The van der Waals surface area contributed by atoms with Gasteiger partial charge in [0, 0.05) is 17.3 Å². The number of benzene rings is 3. The van der Waals surface area contributed by atoms with E-state index in [2.05, 4.69) is 5.32 Å². The minimum Gasteiger partial charge on any atom is -0.497 e. The van der Waals surface area contributed by atoms with Gasteiger partial charge in [0.2, 0.25) is 5.91 Å². The third-order valence-electron chi connectivity index (χ3n) is 4.58. The van der Waals surface area contributed by atoms with Gasteiger partial charge < -0.3 is 20.5 Å². The average molecular weight is 418 g/mol. The summed E-state index contributed by atoms with van der Waals surface area (Å²) in [7, 11) is 1.62. The van der Waals surface area contributed by atoms with Crippen LogP contribution >= 0.6 is 0 Å². The number of primary amides is 1. The van der Waals surface area contributed by atoms with Gasteiger partial charge in [-0.3, -0.25) is 9.59 Å². The summed E-state index contributed by atoms with van der Waals surface area (Å²) in [5.74, 6) is -0.914. The van der Waals surface area contributed by atoms with Gasteiger partial charge >= 0.3 is 5.97 Å². The number of nitrogens with one attached hydrogen (secondary N) is 1. The number of hydrogen-bond donors (Lipinski definition) is 2. The van der Waals surface area contributed by atoms with E-state index in [1.807, 2.05) is 36.4 Å². The number of ether oxygens (including phenoxy) is 2. The van der Waals surface area contributed by atoms with Crippen molar-refractivity contribution in [1.82, 2.24) is 0 Å². The van der Waals surface area contributed by atoms with Crippen LogP contribution in [0.25, 0.3) is 16.8 Å². The topological polar surface area (TPSA) is 108 Å². The lowest BCUT2D eigenvalue weighted by atomic mass is 10.1. The van der Waals surface area contributed by atoms with Crippen molar-refractivity contribution in [2.45, 2.75) is 13.0 Å². The highest BCUT2D eigenvalue weighted by atomic mass is 16.5. The summed E-state index contributed by atoms with van der Waals surface area (Å²) in [5.41, 5.74) is 6.79. The fourth-order valence-corrected chi connectivity index (χ4v) is 2.87. The molecule has 3 aromatic carbocycles. The van der Waals surface area contributed by atoms with Crippen molar-refractivity contribution >= 4 is 40.3 Å². The Morgan fingerprint density at radius 3 is 2.32 bits per heavy atom. The number of carbonyl (C=O) groups is 3. The first-order valence-electron chi connectivity index (χ1n) is 9.53. The molecule has 0 heterocycles. The fourth-order valence-electron chi connectivity index (χ4n) is 2.87. The molecular formula is C24H22N2O5. The summed E-state index contributed by atoms with van der Waals surface area (Å²) in [5, 5.41) is 4.64. The van der Waals surface area contributed by atoms with Gasteiger partial charge in [-0.05, 0) is 71.8 Å². The first kappa shape index (κ1) is 21.6. The zero-order valence-corrected chi connectivity index (χ0v) is 17.1. The Labute approximate surface area is 179 Å². The Hall–Kier alpha value is -4.13. The molecule has 0 aliphatic carbocycles. The van der Waals surface area contributed by atoms with Gasteiger partial charge in [-0.1, -0.05) is 18.2 Å². The zero-order valence-electron chi connectivity index (χ0n) is 17.1. The third-order valence-corrected chi connectivity index (χ3v) is 4.58. The molecule has 3 rings (SSSR count). The lowest BCUT2D eigenvalue weighted by molar-refractivity contribution is -0.148. The first-order valence-corrected chi connectivity index (χ1v) is 9.53. The molecule has 2 amide bonds. The van der Waals surface area contributed by atoms with Gasteiger partial charge in [-0.15, -0.1) is 0 Å². The number of fused-ring (bicyclic) bond motifs is 1. The molecule has 3 N–H and O–H groups in total. The highest BCUT2D eigenvalue weighted by Crippen LogP contribution is 2.22. The smallest absolute Gasteiger partial charge is 0.331 e. The number of carbonyl (C=O) groups excluding carboxylic acids is 3. The van der Waals surface area contributed by atoms with E-state index in [0.717, 1.165) is 22.1 Å². The molecule has 7 nitrogen and oxygen atoms in total. The predicted octanol–water partition coefficient (Wildman–Crippen LogP) is 3.53. The highest BCUT2D eigenvalue weighted by Gasteiger charge is 2.16. The summed E-state index contributed by atoms with van der Waals surface area (Å²) in [6, 6.07) is 17.6. The van der Waals surface area contributed by atoms with E-state index in [4.69, 9.17) is 15.2 Å². The molecule has 0 fully saturated rings. The number of esters is 1. The van der Waals surface area contributed by atoms with E-state index in [9.17, 15) is 14.4 Å². The lowest BCUT2D eigenvalue weighted by Gasteiger charge is -2.12. The van der Waals surface area contributed by atoms with Crippen LogP contribution in [-0.4, -0.2) is 31.0 Å². The van der Waals surface area contributed by atoms with E-state index in [0.29, 0.717) is 11.3 Å². The standard InChI is InChI=1S/C24H22N2O5/c1-15(24(29)26-20-9-6-17(7-10-20)23(25)28)31-22(27)12-4-16-3-5-19-14-21(30-2)11-8-18(19)13-16/h3-15H,1-2H3,(H2,25,28)(H,26,29)/b12-4+/t15-/m0/s1. The quantitative estimate of drug-likeness (QED) is 0.451. The highest BCUT2D eigenvalue weighted by molar-refractivity contribution is 5.98. The monoisotopic (exact) mass is 418 g/mol. The normalized spacial score (nSPS) is 11.8. The second-order valence-electron chi connectivity index (χ2n) is 6.82. The van der Waals surface area contributed by atoms with Gasteiger partial charge in [-0.2, -0.15) is 0 Å². The average Bonchev–Trinajstić information content (AvgIpc) is 2.77.